The Morgan fingerprint density at radius 1 is 1.19 bits per heavy atom. The number of rotatable bonds is 5. The molecule has 1 aliphatic carbocycles. The third kappa shape index (κ3) is 3.11. The molecule has 1 aromatic heterocycles. The van der Waals surface area contributed by atoms with Gasteiger partial charge in [0.2, 0.25) is 0 Å². The van der Waals surface area contributed by atoms with Crippen LogP contribution in [0.15, 0.2) is 0 Å². The van der Waals surface area contributed by atoms with Crippen molar-refractivity contribution in [2.45, 2.75) is 58.0 Å². The van der Waals surface area contributed by atoms with Crippen LogP contribution in [0.3, 0.4) is 0 Å². The van der Waals surface area contributed by atoms with Crippen LogP contribution < -0.4 is 16.6 Å². The van der Waals surface area contributed by atoms with Crippen LogP contribution in [-0.4, -0.2) is 40.0 Å². The fourth-order valence-electron chi connectivity index (χ4n) is 2.94. The number of nitrogen functional groups attached to an aromatic ring is 1. The molecule has 0 radical (unpaired) electrons. The molecule has 2 fully saturated rings. The van der Waals surface area contributed by atoms with Gasteiger partial charge < -0.3 is 10.7 Å². The van der Waals surface area contributed by atoms with Crippen LogP contribution in [0.1, 0.15) is 50.4 Å². The number of nitrogens with one attached hydrogen (secondary N) is 2. The van der Waals surface area contributed by atoms with Crippen molar-refractivity contribution in [1.29, 1.82) is 0 Å². The Morgan fingerprint density at radius 2 is 1.90 bits per heavy atom. The number of hydrazine groups is 1. The first kappa shape index (κ1) is 14.5. The fourth-order valence-corrected chi connectivity index (χ4v) is 2.94. The number of hydrogen-bond acceptors (Lipinski definition) is 6. The minimum atomic E-state index is 0.282. The van der Waals surface area contributed by atoms with Crippen molar-refractivity contribution in [3.8, 4) is 0 Å². The fraction of sp³-hybridized carbons (Fsp3) is 0.733. The van der Waals surface area contributed by atoms with Gasteiger partial charge in [0.05, 0.1) is 0 Å². The molecular weight excluding hydrogens is 264 g/mol. The van der Waals surface area contributed by atoms with E-state index in [-0.39, 0.29) is 5.92 Å². The second kappa shape index (κ2) is 5.77. The predicted molar refractivity (Wildman–Crippen MR) is 85.3 cm³/mol. The first-order valence-corrected chi connectivity index (χ1v) is 7.94. The lowest BCUT2D eigenvalue weighted by Crippen LogP contribution is -2.28. The quantitative estimate of drug-likeness (QED) is 0.567. The van der Waals surface area contributed by atoms with Crippen molar-refractivity contribution in [2.24, 2.45) is 5.84 Å². The van der Waals surface area contributed by atoms with Gasteiger partial charge in [-0.3, -0.25) is 4.90 Å². The predicted octanol–water partition coefficient (Wildman–Crippen LogP) is 1.84. The second-order valence-corrected chi connectivity index (χ2v) is 6.56. The van der Waals surface area contributed by atoms with Gasteiger partial charge in [0.25, 0.3) is 0 Å². The Hall–Kier alpha value is -1.40. The minimum Gasteiger partial charge on any atom is -0.366 e. The Labute approximate surface area is 126 Å². The summed E-state index contributed by atoms with van der Waals surface area (Å²) in [5, 5.41) is 3.60. The lowest BCUT2D eigenvalue weighted by atomic mass is 10.2. The molecule has 2 heterocycles. The van der Waals surface area contributed by atoms with Crippen LogP contribution in [0, 0.1) is 6.92 Å². The van der Waals surface area contributed by atoms with Crippen LogP contribution >= 0.6 is 0 Å². The highest BCUT2D eigenvalue weighted by atomic mass is 15.3. The van der Waals surface area contributed by atoms with Crippen LogP contribution in [0.25, 0.3) is 0 Å². The largest absolute Gasteiger partial charge is 0.366 e. The Kier molecular flexibility index (Phi) is 3.99. The number of nitrogens with two attached hydrogens (primary N) is 1. The van der Waals surface area contributed by atoms with Gasteiger partial charge in [-0.2, -0.15) is 0 Å². The first-order valence-electron chi connectivity index (χ1n) is 7.94. The SMILES string of the molecule is Cc1c(NN)nc(C(C)C)nc1NC1CCN(C2CC2)C1. The highest BCUT2D eigenvalue weighted by molar-refractivity contribution is 5.57. The maximum absolute atomic E-state index is 5.59. The van der Waals surface area contributed by atoms with Crippen molar-refractivity contribution < 1.29 is 0 Å². The van der Waals surface area contributed by atoms with Gasteiger partial charge in [-0.25, -0.2) is 15.8 Å². The zero-order chi connectivity index (χ0) is 15.0. The summed E-state index contributed by atoms with van der Waals surface area (Å²) in [5.41, 5.74) is 3.68. The Balaban J connectivity index is 1.76. The van der Waals surface area contributed by atoms with Gasteiger partial charge in [-0.1, -0.05) is 13.8 Å². The molecule has 116 valence electrons. The molecule has 3 rings (SSSR count). The summed E-state index contributed by atoms with van der Waals surface area (Å²) in [6.07, 6.45) is 3.93. The number of aromatic nitrogens is 2. The van der Waals surface area contributed by atoms with Gasteiger partial charge in [-0.15, -0.1) is 0 Å². The smallest absolute Gasteiger partial charge is 0.148 e. The van der Waals surface area contributed by atoms with E-state index in [4.69, 9.17) is 10.8 Å². The summed E-state index contributed by atoms with van der Waals surface area (Å²) >= 11 is 0. The Morgan fingerprint density at radius 3 is 2.52 bits per heavy atom. The van der Waals surface area contributed by atoms with Crippen molar-refractivity contribution >= 4 is 11.6 Å². The summed E-state index contributed by atoms with van der Waals surface area (Å²) in [6, 6.07) is 1.32. The lowest BCUT2D eigenvalue weighted by Gasteiger charge is -2.19. The summed E-state index contributed by atoms with van der Waals surface area (Å²) in [7, 11) is 0. The molecule has 4 N–H and O–H groups in total. The maximum Gasteiger partial charge on any atom is 0.148 e. The van der Waals surface area contributed by atoms with Crippen molar-refractivity contribution in [3.05, 3.63) is 11.4 Å². The van der Waals surface area contributed by atoms with Crippen molar-refractivity contribution in [1.82, 2.24) is 14.9 Å². The number of anilines is 2. The van der Waals surface area contributed by atoms with Gasteiger partial charge in [0.1, 0.15) is 17.5 Å². The van der Waals surface area contributed by atoms with E-state index in [1.54, 1.807) is 0 Å². The monoisotopic (exact) mass is 290 g/mol. The molecule has 6 heteroatoms. The normalized spacial score (nSPS) is 22.8. The maximum atomic E-state index is 5.59. The summed E-state index contributed by atoms with van der Waals surface area (Å²) in [6.45, 7) is 8.52. The van der Waals surface area contributed by atoms with E-state index in [0.29, 0.717) is 11.9 Å². The highest BCUT2D eigenvalue weighted by Gasteiger charge is 2.34. The molecular formula is C15H26N6. The second-order valence-electron chi connectivity index (χ2n) is 6.56. The first-order chi connectivity index (χ1) is 10.1. The molecule has 1 aliphatic heterocycles. The van der Waals surface area contributed by atoms with E-state index in [1.807, 2.05) is 6.92 Å². The number of nitrogens with zero attached hydrogens (tertiary/aromatic N) is 3. The van der Waals surface area contributed by atoms with Crippen molar-refractivity contribution in [3.63, 3.8) is 0 Å². The van der Waals surface area contributed by atoms with E-state index in [9.17, 15) is 0 Å². The highest BCUT2D eigenvalue weighted by Crippen LogP contribution is 2.31. The average Bonchev–Trinajstić information content (AvgIpc) is 3.21. The van der Waals surface area contributed by atoms with E-state index < -0.39 is 0 Å². The van der Waals surface area contributed by atoms with Gasteiger partial charge in [0.15, 0.2) is 0 Å². The van der Waals surface area contributed by atoms with Gasteiger partial charge >= 0.3 is 0 Å². The van der Waals surface area contributed by atoms with Crippen LogP contribution in [0.2, 0.25) is 0 Å². The molecule has 0 amide bonds. The zero-order valence-corrected chi connectivity index (χ0v) is 13.2. The average molecular weight is 290 g/mol. The molecule has 21 heavy (non-hydrogen) atoms. The number of hydrogen-bond donors (Lipinski definition) is 3. The van der Waals surface area contributed by atoms with Crippen LogP contribution in [-0.2, 0) is 0 Å². The van der Waals surface area contributed by atoms with Crippen LogP contribution in [0.5, 0.6) is 0 Å². The van der Waals surface area contributed by atoms with E-state index in [2.05, 4.69) is 34.5 Å². The molecule has 1 atom stereocenters. The lowest BCUT2D eigenvalue weighted by molar-refractivity contribution is 0.326. The summed E-state index contributed by atoms with van der Waals surface area (Å²) in [5.74, 6) is 8.34. The molecule has 1 aromatic rings. The topological polar surface area (TPSA) is 79.1 Å². The van der Waals surface area contributed by atoms with Crippen LogP contribution in [0.4, 0.5) is 11.6 Å². The zero-order valence-electron chi connectivity index (χ0n) is 13.2. The molecule has 0 spiro atoms. The third-order valence-electron chi connectivity index (χ3n) is 4.44. The molecule has 0 aromatic carbocycles. The van der Waals surface area contributed by atoms with Gasteiger partial charge in [0, 0.05) is 36.7 Å². The molecule has 1 saturated heterocycles. The van der Waals surface area contributed by atoms with E-state index >= 15 is 0 Å². The van der Waals surface area contributed by atoms with Crippen molar-refractivity contribution in [2.75, 3.05) is 23.8 Å². The summed E-state index contributed by atoms with van der Waals surface area (Å²) < 4.78 is 0. The van der Waals surface area contributed by atoms with E-state index in [1.165, 1.54) is 25.8 Å². The minimum absolute atomic E-state index is 0.282. The molecule has 2 aliphatic rings. The summed E-state index contributed by atoms with van der Waals surface area (Å²) in [4.78, 5) is 11.8. The molecule has 6 nitrogen and oxygen atoms in total. The molecule has 1 unspecified atom stereocenters. The third-order valence-corrected chi connectivity index (χ3v) is 4.44. The Bertz CT molecular complexity index is 511. The number of likely N-dealkylation sites (tertiary alicyclic amines) is 1. The standard InChI is InChI=1S/C15H26N6/c1-9(2)13-18-14(10(3)15(19-13)20-16)17-11-6-7-21(8-11)12-4-5-12/h9,11-12H,4-8,16H2,1-3H3,(H2,17,18,19,20). The van der Waals surface area contributed by atoms with E-state index in [0.717, 1.165) is 29.8 Å². The van der Waals surface area contributed by atoms with Gasteiger partial charge in [-0.05, 0) is 26.2 Å². The molecule has 0 bridgehead atoms. The molecule has 1 saturated carbocycles.